The van der Waals surface area contributed by atoms with Gasteiger partial charge in [-0.2, -0.15) is 0 Å². The van der Waals surface area contributed by atoms with Crippen molar-refractivity contribution in [1.82, 2.24) is 4.90 Å². The van der Waals surface area contributed by atoms with Crippen molar-refractivity contribution in [2.75, 3.05) is 13.1 Å². The molecule has 1 heterocycles. The second kappa shape index (κ2) is 6.23. The summed E-state index contributed by atoms with van der Waals surface area (Å²) >= 11 is 0. The fraction of sp³-hybridized carbons (Fsp3) is 0.333. The van der Waals surface area contributed by atoms with E-state index in [2.05, 4.69) is 0 Å². The smallest absolute Gasteiger partial charge is 0.308 e. The van der Waals surface area contributed by atoms with E-state index in [1.807, 2.05) is 0 Å². The zero-order chi connectivity index (χ0) is 14.5. The van der Waals surface area contributed by atoms with Gasteiger partial charge >= 0.3 is 5.97 Å². The van der Waals surface area contributed by atoms with Crippen LogP contribution in [0.1, 0.15) is 18.4 Å². The molecule has 1 atom stereocenters. The molecule has 1 fully saturated rings. The highest BCUT2D eigenvalue weighted by molar-refractivity contribution is 5.92. The van der Waals surface area contributed by atoms with Gasteiger partial charge in [-0.25, -0.2) is 0 Å². The summed E-state index contributed by atoms with van der Waals surface area (Å²) in [5.74, 6) is -1.31. The fourth-order valence-electron chi connectivity index (χ4n) is 2.24. The number of hydrogen-bond acceptors (Lipinski definition) is 3. The van der Waals surface area contributed by atoms with Crippen LogP contribution in [0.15, 0.2) is 30.3 Å². The topological polar surface area (TPSA) is 77.8 Å². The first-order valence-electron chi connectivity index (χ1n) is 6.55. The van der Waals surface area contributed by atoms with Gasteiger partial charge in [-0.05, 0) is 36.6 Å². The molecule has 106 valence electrons. The van der Waals surface area contributed by atoms with Crippen LogP contribution in [-0.2, 0) is 9.59 Å². The second-order valence-corrected chi connectivity index (χ2v) is 4.89. The van der Waals surface area contributed by atoms with Crippen molar-refractivity contribution in [1.29, 1.82) is 0 Å². The van der Waals surface area contributed by atoms with Crippen LogP contribution in [-0.4, -0.2) is 40.1 Å². The number of amides is 1. The number of carboxylic acids is 1. The van der Waals surface area contributed by atoms with Gasteiger partial charge in [0.1, 0.15) is 5.75 Å². The lowest BCUT2D eigenvalue weighted by Gasteiger charge is -2.29. The number of carboxylic acid groups (broad SMARTS) is 1. The highest BCUT2D eigenvalue weighted by Gasteiger charge is 2.26. The van der Waals surface area contributed by atoms with Crippen molar-refractivity contribution in [3.05, 3.63) is 35.9 Å². The molecule has 1 aliphatic heterocycles. The largest absolute Gasteiger partial charge is 0.508 e. The zero-order valence-electron chi connectivity index (χ0n) is 11.0. The van der Waals surface area contributed by atoms with Crippen LogP contribution >= 0.6 is 0 Å². The molecule has 5 nitrogen and oxygen atoms in total. The van der Waals surface area contributed by atoms with Crippen LogP contribution in [0.4, 0.5) is 0 Å². The Morgan fingerprint density at radius 3 is 2.60 bits per heavy atom. The summed E-state index contributed by atoms with van der Waals surface area (Å²) in [5.41, 5.74) is 0.808. The summed E-state index contributed by atoms with van der Waals surface area (Å²) in [7, 11) is 0. The highest BCUT2D eigenvalue weighted by atomic mass is 16.4. The SMILES string of the molecule is O=C(O)[C@H]1CCCN(C(=O)/C=C/c2ccc(O)cc2)C1. The number of rotatable bonds is 3. The molecule has 2 N–H and O–H groups in total. The summed E-state index contributed by atoms with van der Waals surface area (Å²) in [6, 6.07) is 6.50. The van der Waals surface area contributed by atoms with Crippen molar-refractivity contribution in [2.24, 2.45) is 5.92 Å². The number of likely N-dealkylation sites (tertiary alicyclic amines) is 1. The van der Waals surface area contributed by atoms with Gasteiger partial charge in [0.15, 0.2) is 0 Å². The Morgan fingerprint density at radius 1 is 1.25 bits per heavy atom. The van der Waals surface area contributed by atoms with Crippen LogP contribution in [0.3, 0.4) is 0 Å². The van der Waals surface area contributed by atoms with Gasteiger partial charge in [0, 0.05) is 19.2 Å². The predicted molar refractivity (Wildman–Crippen MR) is 74.1 cm³/mol. The first kappa shape index (κ1) is 14.1. The van der Waals surface area contributed by atoms with Crippen molar-refractivity contribution >= 4 is 18.0 Å². The zero-order valence-corrected chi connectivity index (χ0v) is 11.0. The first-order chi connectivity index (χ1) is 9.56. The summed E-state index contributed by atoms with van der Waals surface area (Å²) in [5, 5.41) is 18.2. The van der Waals surface area contributed by atoms with E-state index < -0.39 is 11.9 Å². The Hall–Kier alpha value is -2.30. The van der Waals surface area contributed by atoms with Crippen molar-refractivity contribution in [3.63, 3.8) is 0 Å². The lowest BCUT2D eigenvalue weighted by molar-refractivity contribution is -0.144. The van der Waals surface area contributed by atoms with Crippen molar-refractivity contribution < 1.29 is 19.8 Å². The molecular formula is C15H17NO4. The Labute approximate surface area is 117 Å². The monoisotopic (exact) mass is 275 g/mol. The maximum atomic E-state index is 12.0. The molecule has 0 aromatic heterocycles. The van der Waals surface area contributed by atoms with E-state index in [-0.39, 0.29) is 18.2 Å². The molecule has 2 rings (SSSR count). The number of carbonyl (C=O) groups is 2. The molecule has 0 bridgehead atoms. The number of benzene rings is 1. The van der Waals surface area contributed by atoms with Gasteiger partial charge in [0.2, 0.25) is 5.91 Å². The maximum Gasteiger partial charge on any atom is 0.308 e. The minimum Gasteiger partial charge on any atom is -0.508 e. The number of piperidine rings is 1. The molecule has 0 spiro atoms. The van der Waals surface area contributed by atoms with Gasteiger partial charge in [-0.15, -0.1) is 0 Å². The molecule has 5 heteroatoms. The Bertz CT molecular complexity index is 521. The van der Waals surface area contributed by atoms with E-state index >= 15 is 0 Å². The van der Waals surface area contributed by atoms with E-state index in [4.69, 9.17) is 10.2 Å². The molecule has 0 radical (unpaired) electrons. The number of aliphatic carboxylic acids is 1. The third kappa shape index (κ3) is 3.60. The molecule has 0 unspecified atom stereocenters. The van der Waals surface area contributed by atoms with Crippen molar-refractivity contribution in [2.45, 2.75) is 12.8 Å². The van der Waals surface area contributed by atoms with E-state index in [1.54, 1.807) is 35.2 Å². The number of aromatic hydroxyl groups is 1. The van der Waals surface area contributed by atoms with Crippen LogP contribution in [0.5, 0.6) is 5.75 Å². The van der Waals surface area contributed by atoms with Crippen molar-refractivity contribution in [3.8, 4) is 5.75 Å². The average Bonchev–Trinajstić information content (AvgIpc) is 2.46. The molecule has 20 heavy (non-hydrogen) atoms. The number of phenols is 1. The second-order valence-electron chi connectivity index (χ2n) is 4.89. The highest BCUT2D eigenvalue weighted by Crippen LogP contribution is 2.17. The maximum absolute atomic E-state index is 12.0. The normalized spacial score (nSPS) is 19.2. The molecule has 1 aromatic carbocycles. The average molecular weight is 275 g/mol. The summed E-state index contributed by atoms with van der Waals surface area (Å²) in [4.78, 5) is 24.5. The van der Waals surface area contributed by atoms with E-state index in [0.29, 0.717) is 13.0 Å². The Balaban J connectivity index is 1.97. The number of hydrogen-bond donors (Lipinski definition) is 2. The number of nitrogens with zero attached hydrogens (tertiary/aromatic N) is 1. The van der Waals surface area contributed by atoms with Gasteiger partial charge in [-0.3, -0.25) is 9.59 Å². The van der Waals surface area contributed by atoms with Crippen LogP contribution in [0, 0.1) is 5.92 Å². The summed E-state index contributed by atoms with van der Waals surface area (Å²) in [6.07, 6.45) is 4.44. The number of phenolic OH excluding ortho intramolecular Hbond substituents is 1. The van der Waals surface area contributed by atoms with Gasteiger partial charge < -0.3 is 15.1 Å². The lowest BCUT2D eigenvalue weighted by Crippen LogP contribution is -2.41. The first-order valence-corrected chi connectivity index (χ1v) is 6.55. The van der Waals surface area contributed by atoms with Gasteiger partial charge in [0.05, 0.1) is 5.92 Å². The Kier molecular flexibility index (Phi) is 4.40. The molecule has 0 saturated carbocycles. The minimum absolute atomic E-state index is 0.175. The fourth-order valence-corrected chi connectivity index (χ4v) is 2.24. The van der Waals surface area contributed by atoms with E-state index in [1.165, 1.54) is 6.08 Å². The quantitative estimate of drug-likeness (QED) is 0.823. The number of carbonyl (C=O) groups excluding carboxylic acids is 1. The minimum atomic E-state index is -0.843. The van der Waals surface area contributed by atoms with Gasteiger partial charge in [-0.1, -0.05) is 12.1 Å². The molecule has 1 aromatic rings. The van der Waals surface area contributed by atoms with E-state index in [0.717, 1.165) is 12.0 Å². The predicted octanol–water partition coefficient (Wildman–Crippen LogP) is 1.73. The van der Waals surface area contributed by atoms with Crippen LogP contribution < -0.4 is 0 Å². The van der Waals surface area contributed by atoms with E-state index in [9.17, 15) is 9.59 Å². The summed E-state index contributed by atoms with van der Waals surface area (Å²) in [6.45, 7) is 0.872. The standard InChI is InChI=1S/C15H17NO4/c17-13-6-3-11(4-7-13)5-8-14(18)16-9-1-2-12(10-16)15(19)20/h3-8,12,17H,1-2,9-10H2,(H,19,20)/b8-5+/t12-/m0/s1. The van der Waals surface area contributed by atoms with Crippen LogP contribution in [0.25, 0.3) is 6.08 Å². The lowest BCUT2D eigenvalue weighted by atomic mass is 9.98. The molecule has 1 amide bonds. The molecule has 0 aliphatic carbocycles. The third-order valence-corrected chi connectivity index (χ3v) is 3.39. The molecular weight excluding hydrogens is 258 g/mol. The van der Waals surface area contributed by atoms with Gasteiger partial charge in [0.25, 0.3) is 0 Å². The third-order valence-electron chi connectivity index (χ3n) is 3.39. The Morgan fingerprint density at radius 2 is 1.95 bits per heavy atom. The summed E-state index contributed by atoms with van der Waals surface area (Å²) < 4.78 is 0. The molecule has 1 aliphatic rings. The molecule has 1 saturated heterocycles. The van der Waals surface area contributed by atoms with Crippen LogP contribution in [0.2, 0.25) is 0 Å².